The first-order valence-corrected chi connectivity index (χ1v) is 8.00. The minimum absolute atomic E-state index is 0.0274. The van der Waals surface area contributed by atoms with Crippen LogP contribution >= 0.6 is 7.82 Å². The number of H-pyrrole nitrogens is 1. The van der Waals surface area contributed by atoms with E-state index in [2.05, 4.69) is 21.6 Å². The normalized spacial score (nSPS) is 15.2. The molecule has 21 heavy (non-hydrogen) atoms. The highest BCUT2D eigenvalue weighted by Gasteiger charge is 2.20. The highest BCUT2D eigenvalue weighted by atomic mass is 31.2. The lowest BCUT2D eigenvalue weighted by Crippen LogP contribution is -2.43. The van der Waals surface area contributed by atoms with Crippen LogP contribution in [-0.2, 0) is 20.1 Å². The van der Waals surface area contributed by atoms with Crippen LogP contribution in [0.1, 0.15) is 5.56 Å². The molecule has 0 fully saturated rings. The second kappa shape index (κ2) is 6.27. The molecule has 2 aromatic rings. The van der Waals surface area contributed by atoms with Gasteiger partial charge in [0.15, 0.2) is 6.73 Å². The van der Waals surface area contributed by atoms with Crippen LogP contribution < -0.4 is 10.8 Å². The van der Waals surface area contributed by atoms with Gasteiger partial charge in [0.25, 0.3) is 7.82 Å². The lowest BCUT2D eigenvalue weighted by molar-refractivity contribution is -0.906. The summed E-state index contributed by atoms with van der Waals surface area (Å²) in [6.45, 7) is 0.687. The van der Waals surface area contributed by atoms with E-state index in [4.69, 9.17) is 4.52 Å². The molecule has 7 nitrogen and oxygen atoms in total. The number of phosphoric acid groups is 1. The predicted molar refractivity (Wildman–Crippen MR) is 77.8 cm³/mol. The lowest BCUT2D eigenvalue weighted by atomic mass is 10.1. The van der Waals surface area contributed by atoms with E-state index in [1.54, 1.807) is 0 Å². The topological polar surface area (TPSA) is 100 Å². The van der Waals surface area contributed by atoms with Crippen LogP contribution in [0.15, 0.2) is 30.5 Å². The Morgan fingerprint density at radius 2 is 2.10 bits per heavy atom. The molecule has 0 amide bonds. The smallest absolute Gasteiger partial charge is 0.288 e. The number of fused-ring (bicyclic) bond motifs is 1. The van der Waals surface area contributed by atoms with Crippen LogP contribution in [0.5, 0.6) is 0 Å². The minimum Gasteiger partial charge on any atom is -0.755 e. The van der Waals surface area contributed by atoms with Gasteiger partial charge >= 0.3 is 0 Å². The van der Waals surface area contributed by atoms with Crippen molar-refractivity contribution >= 4 is 18.7 Å². The number of rotatable bonds is 7. The molecule has 0 spiro atoms. The van der Waals surface area contributed by atoms with E-state index in [1.807, 2.05) is 38.5 Å². The summed E-state index contributed by atoms with van der Waals surface area (Å²) in [4.78, 5) is 14.3. The number of nitrogens with two attached hydrogens (primary N) is 1. The first kappa shape index (κ1) is 16.2. The van der Waals surface area contributed by atoms with Crippen LogP contribution in [0.2, 0.25) is 0 Å². The van der Waals surface area contributed by atoms with Gasteiger partial charge in [-0.05, 0) is 11.6 Å². The van der Waals surface area contributed by atoms with Crippen molar-refractivity contribution in [3.63, 3.8) is 0 Å². The largest absolute Gasteiger partial charge is 0.755 e. The fraction of sp³-hybridized carbons (Fsp3) is 0.385. The van der Waals surface area contributed by atoms with Crippen LogP contribution in [0.4, 0.5) is 0 Å². The van der Waals surface area contributed by atoms with E-state index in [-0.39, 0.29) is 6.73 Å². The van der Waals surface area contributed by atoms with Gasteiger partial charge in [0, 0.05) is 23.5 Å². The van der Waals surface area contributed by atoms with Crippen LogP contribution in [0.3, 0.4) is 0 Å². The summed E-state index contributed by atoms with van der Waals surface area (Å²) in [6, 6.07) is 8.06. The average molecular weight is 313 g/mol. The number of nitrogens with zero attached hydrogens (tertiary/aromatic N) is 1. The van der Waals surface area contributed by atoms with E-state index in [1.165, 1.54) is 10.9 Å². The minimum atomic E-state index is -4.39. The van der Waals surface area contributed by atoms with Gasteiger partial charge in [0.2, 0.25) is 0 Å². The van der Waals surface area contributed by atoms with E-state index >= 15 is 0 Å². The molecule has 0 bridgehead atoms. The third kappa shape index (κ3) is 4.38. The molecule has 0 saturated heterocycles. The van der Waals surface area contributed by atoms with Gasteiger partial charge in [-0.3, -0.25) is 9.09 Å². The van der Waals surface area contributed by atoms with E-state index < -0.39 is 7.82 Å². The number of aromatic amines is 1. The average Bonchev–Trinajstić information content (AvgIpc) is 2.87. The number of quaternary nitrogens is 1. The zero-order valence-corrected chi connectivity index (χ0v) is 13.0. The number of hydrogen-bond acceptors (Lipinski definition) is 5. The van der Waals surface area contributed by atoms with Gasteiger partial charge < -0.3 is 14.4 Å². The van der Waals surface area contributed by atoms with Gasteiger partial charge in [-0.15, -0.1) is 0 Å². The summed E-state index contributed by atoms with van der Waals surface area (Å²) in [7, 11) is -0.626. The van der Waals surface area contributed by atoms with E-state index in [0.29, 0.717) is 11.0 Å². The summed E-state index contributed by atoms with van der Waals surface area (Å²) in [6.07, 6.45) is 2.78. The van der Waals surface area contributed by atoms with Crippen molar-refractivity contribution in [2.75, 3.05) is 27.4 Å². The Hall–Kier alpha value is -1.21. The quantitative estimate of drug-likeness (QED) is 0.345. The molecule has 1 atom stereocenters. The first-order chi connectivity index (χ1) is 9.83. The molecule has 1 unspecified atom stereocenters. The fourth-order valence-corrected chi connectivity index (χ4v) is 2.60. The zero-order chi connectivity index (χ0) is 15.5. The van der Waals surface area contributed by atoms with Crippen molar-refractivity contribution in [2.24, 2.45) is 5.90 Å². The summed E-state index contributed by atoms with van der Waals surface area (Å²) >= 11 is 0. The Balaban J connectivity index is 1.96. The Labute approximate surface area is 123 Å². The fourth-order valence-electron chi connectivity index (χ4n) is 2.08. The highest BCUT2D eigenvalue weighted by molar-refractivity contribution is 7.45. The van der Waals surface area contributed by atoms with Gasteiger partial charge in [-0.25, -0.2) is 10.5 Å². The first-order valence-electron chi connectivity index (χ1n) is 6.54. The van der Waals surface area contributed by atoms with Gasteiger partial charge in [0.1, 0.15) is 0 Å². The number of aromatic nitrogens is 1. The van der Waals surface area contributed by atoms with Crippen LogP contribution in [-0.4, -0.2) is 36.8 Å². The molecule has 3 N–H and O–H groups in total. The molecule has 0 saturated carbocycles. The number of likely N-dealkylation sites (N-methyl/N-ethyl adjacent to an activating group) is 1. The van der Waals surface area contributed by atoms with E-state index in [9.17, 15) is 9.46 Å². The van der Waals surface area contributed by atoms with Crippen molar-refractivity contribution in [2.45, 2.75) is 6.42 Å². The van der Waals surface area contributed by atoms with Crippen LogP contribution in [0, 0.1) is 0 Å². The number of benzene rings is 1. The highest BCUT2D eigenvalue weighted by Crippen LogP contribution is 2.36. The SMILES string of the molecule is C[N+](C)(CCc1c[nH]c2ccccc12)COP(=O)([O-])ON. The standard InChI is InChI=1S/C13H20N3O4P/c1-16(2,10-19-21(17,18)20-14)8-7-11-9-15-13-6-4-3-5-12(11)13/h3-6,9,15H,7-8,10,14H2,1-2H3. The maximum atomic E-state index is 11.1. The molecule has 116 valence electrons. The van der Waals surface area contributed by atoms with Gasteiger partial charge in [-0.2, -0.15) is 0 Å². The number of nitrogens with one attached hydrogen (secondary N) is 1. The summed E-state index contributed by atoms with van der Waals surface area (Å²) < 4.78 is 20.0. The number of hydrogen-bond donors (Lipinski definition) is 2. The molecule has 0 radical (unpaired) electrons. The number of para-hydroxylation sites is 1. The number of phosphoric ester groups is 1. The third-order valence-electron chi connectivity index (χ3n) is 3.36. The summed E-state index contributed by atoms with van der Waals surface area (Å²) in [5.41, 5.74) is 2.28. The molecule has 0 aliphatic carbocycles. The molecule has 1 heterocycles. The molecule has 1 aromatic heterocycles. The second-order valence-corrected chi connectivity index (χ2v) is 6.94. The van der Waals surface area contributed by atoms with Gasteiger partial charge in [-0.1, -0.05) is 18.2 Å². The van der Waals surface area contributed by atoms with E-state index in [0.717, 1.165) is 11.9 Å². The Morgan fingerprint density at radius 3 is 2.81 bits per heavy atom. The van der Waals surface area contributed by atoms with Crippen molar-refractivity contribution in [3.05, 3.63) is 36.0 Å². The summed E-state index contributed by atoms with van der Waals surface area (Å²) in [5.74, 6) is 4.64. The van der Waals surface area contributed by atoms with Gasteiger partial charge in [0.05, 0.1) is 20.6 Å². The van der Waals surface area contributed by atoms with Crippen molar-refractivity contribution < 1.29 is 23.1 Å². The zero-order valence-electron chi connectivity index (χ0n) is 12.1. The molecule has 0 aliphatic heterocycles. The van der Waals surface area contributed by atoms with Crippen LogP contribution in [0.25, 0.3) is 10.9 Å². The lowest BCUT2D eigenvalue weighted by Gasteiger charge is -2.31. The monoisotopic (exact) mass is 313 g/mol. The van der Waals surface area contributed by atoms with Crippen molar-refractivity contribution in [1.29, 1.82) is 0 Å². The molecular formula is C13H20N3O4P. The molecular weight excluding hydrogens is 293 g/mol. The molecule has 2 rings (SSSR count). The van der Waals surface area contributed by atoms with Crippen molar-refractivity contribution in [3.8, 4) is 0 Å². The summed E-state index contributed by atoms with van der Waals surface area (Å²) in [5, 5.41) is 1.18. The van der Waals surface area contributed by atoms with Crippen molar-refractivity contribution in [1.82, 2.24) is 4.98 Å². The molecule has 1 aromatic carbocycles. The maximum absolute atomic E-state index is 11.1. The molecule has 8 heteroatoms. The Morgan fingerprint density at radius 1 is 1.38 bits per heavy atom. The Bertz CT molecular complexity index is 656. The second-order valence-electron chi connectivity index (χ2n) is 5.58. The molecule has 0 aliphatic rings. The maximum Gasteiger partial charge on any atom is 0.288 e. The Kier molecular flexibility index (Phi) is 4.83. The third-order valence-corrected chi connectivity index (χ3v) is 4.05. The predicted octanol–water partition coefficient (Wildman–Crippen LogP) is 1.12.